The van der Waals surface area contributed by atoms with Gasteiger partial charge in [0.2, 0.25) is 0 Å². The molecular formula is C19H22N4O2. The van der Waals surface area contributed by atoms with Gasteiger partial charge in [-0.1, -0.05) is 18.9 Å². The molecule has 1 saturated carbocycles. The Morgan fingerprint density at radius 1 is 1.28 bits per heavy atom. The van der Waals surface area contributed by atoms with Crippen LogP contribution in [0.4, 0.5) is 5.82 Å². The van der Waals surface area contributed by atoms with Crippen molar-refractivity contribution in [3.63, 3.8) is 0 Å². The number of aliphatic imine (C=N–C) groups is 1. The average Bonchev–Trinajstić information content (AvgIpc) is 3.07. The zero-order chi connectivity index (χ0) is 17.2. The van der Waals surface area contributed by atoms with E-state index in [0.717, 1.165) is 30.7 Å². The van der Waals surface area contributed by atoms with Crippen molar-refractivity contribution in [1.29, 1.82) is 0 Å². The van der Waals surface area contributed by atoms with Crippen LogP contribution < -0.4 is 0 Å². The summed E-state index contributed by atoms with van der Waals surface area (Å²) in [5, 5.41) is 4.50. The van der Waals surface area contributed by atoms with Crippen molar-refractivity contribution in [2.24, 2.45) is 4.99 Å². The van der Waals surface area contributed by atoms with Crippen LogP contribution in [0.15, 0.2) is 35.6 Å². The van der Waals surface area contributed by atoms with Gasteiger partial charge >= 0.3 is 0 Å². The normalized spacial score (nSPS) is 23.2. The van der Waals surface area contributed by atoms with Gasteiger partial charge in [0.1, 0.15) is 0 Å². The van der Waals surface area contributed by atoms with Crippen molar-refractivity contribution in [2.45, 2.75) is 50.7 Å². The minimum absolute atomic E-state index is 0.0898. The zero-order valence-corrected chi connectivity index (χ0v) is 14.4. The number of hydrogen-bond donors (Lipinski definition) is 0. The fourth-order valence-electron chi connectivity index (χ4n) is 3.82. The highest BCUT2D eigenvalue weighted by molar-refractivity contribution is 6.15. The van der Waals surface area contributed by atoms with Gasteiger partial charge in [-0.15, -0.1) is 0 Å². The quantitative estimate of drug-likeness (QED) is 0.857. The van der Waals surface area contributed by atoms with Crippen LogP contribution in [0.25, 0.3) is 0 Å². The van der Waals surface area contributed by atoms with E-state index in [1.54, 1.807) is 19.5 Å². The number of nitrogens with zero attached hydrogens (tertiary/aromatic N) is 4. The lowest BCUT2D eigenvalue weighted by Gasteiger charge is -2.31. The molecule has 2 aromatic heterocycles. The lowest BCUT2D eigenvalue weighted by atomic mass is 9.92. The van der Waals surface area contributed by atoms with E-state index in [9.17, 15) is 4.79 Å². The van der Waals surface area contributed by atoms with Crippen molar-refractivity contribution in [2.75, 3.05) is 7.11 Å². The first-order chi connectivity index (χ1) is 12.3. The van der Waals surface area contributed by atoms with Gasteiger partial charge in [0.25, 0.3) is 0 Å². The van der Waals surface area contributed by atoms with Gasteiger partial charge in [-0.05, 0) is 25.0 Å². The molecule has 0 spiro atoms. The summed E-state index contributed by atoms with van der Waals surface area (Å²) in [5.41, 5.74) is 2.41. The van der Waals surface area contributed by atoms with E-state index >= 15 is 0 Å². The first-order valence-corrected chi connectivity index (χ1v) is 8.86. The number of ether oxygens (including phenoxy) is 1. The Balaban J connectivity index is 1.67. The van der Waals surface area contributed by atoms with Crippen LogP contribution in [-0.4, -0.2) is 39.5 Å². The van der Waals surface area contributed by atoms with Crippen molar-refractivity contribution in [3.8, 4) is 0 Å². The molecule has 0 aromatic carbocycles. The number of carbonyl (C=O) groups is 1. The number of pyridine rings is 1. The van der Waals surface area contributed by atoms with E-state index in [1.807, 2.05) is 22.9 Å². The summed E-state index contributed by atoms with van der Waals surface area (Å²) in [6, 6.07) is 5.95. The second kappa shape index (κ2) is 6.88. The van der Waals surface area contributed by atoms with Gasteiger partial charge in [-0.2, -0.15) is 5.10 Å². The van der Waals surface area contributed by atoms with Crippen LogP contribution in [0.1, 0.15) is 54.2 Å². The number of Topliss-reactive ketones (excluding diaryl/α,β-unsaturated/α-hetero) is 1. The molecule has 0 amide bonds. The topological polar surface area (TPSA) is 69.4 Å². The number of fused-ring (bicyclic) bond motifs is 1. The van der Waals surface area contributed by atoms with Crippen molar-refractivity contribution >= 4 is 17.3 Å². The van der Waals surface area contributed by atoms with Crippen molar-refractivity contribution in [3.05, 3.63) is 41.9 Å². The lowest BCUT2D eigenvalue weighted by Crippen LogP contribution is -2.30. The van der Waals surface area contributed by atoms with E-state index in [1.165, 1.54) is 6.42 Å². The summed E-state index contributed by atoms with van der Waals surface area (Å²) in [6.07, 6.45) is 8.85. The maximum Gasteiger partial charge on any atom is 0.173 e. The Labute approximate surface area is 146 Å². The summed E-state index contributed by atoms with van der Waals surface area (Å²) in [5.74, 6) is 0.781. The molecule has 6 heteroatoms. The number of carbonyl (C=O) groups excluding carboxylic acids is 1. The van der Waals surface area contributed by atoms with E-state index in [-0.39, 0.29) is 17.9 Å². The maximum atomic E-state index is 12.5. The Kier molecular flexibility index (Phi) is 4.44. The molecule has 2 aliphatic rings. The van der Waals surface area contributed by atoms with Crippen LogP contribution in [0, 0.1) is 0 Å². The number of aromatic nitrogens is 3. The zero-order valence-electron chi connectivity index (χ0n) is 14.4. The molecule has 0 unspecified atom stereocenters. The summed E-state index contributed by atoms with van der Waals surface area (Å²) < 4.78 is 7.58. The molecule has 6 nitrogen and oxygen atoms in total. The van der Waals surface area contributed by atoms with Crippen LogP contribution in [0.5, 0.6) is 0 Å². The highest BCUT2D eigenvalue weighted by atomic mass is 16.5. The predicted molar refractivity (Wildman–Crippen MR) is 94.5 cm³/mol. The summed E-state index contributed by atoms with van der Waals surface area (Å²) in [7, 11) is 1.75. The number of ketones is 1. The Morgan fingerprint density at radius 2 is 2.16 bits per heavy atom. The molecule has 130 valence electrons. The molecule has 2 atom stereocenters. The van der Waals surface area contributed by atoms with Crippen LogP contribution in [-0.2, 0) is 11.2 Å². The molecule has 1 aliphatic carbocycles. The second-order valence-corrected chi connectivity index (χ2v) is 6.73. The highest BCUT2D eigenvalue weighted by Gasteiger charge is 2.32. The van der Waals surface area contributed by atoms with Crippen LogP contribution in [0.3, 0.4) is 0 Å². The molecule has 1 aliphatic heterocycles. The minimum atomic E-state index is 0.0898. The molecule has 25 heavy (non-hydrogen) atoms. The molecule has 4 rings (SSSR count). The Morgan fingerprint density at radius 3 is 2.96 bits per heavy atom. The number of methoxy groups -OCH3 is 1. The standard InChI is InChI=1S/C19H22N4O2/c1-25-18-8-3-2-7-16(18)23-19-15(12-21-23)17(24)11-14(22-19)10-13-6-4-5-9-20-13/h4-6,9,12,16,18H,2-3,7-8,10-11H2,1H3/t16-,18+/m1/s1. The molecule has 0 bridgehead atoms. The Hall–Kier alpha value is -2.34. The fourth-order valence-corrected chi connectivity index (χ4v) is 3.82. The largest absolute Gasteiger partial charge is 0.379 e. The monoisotopic (exact) mass is 338 g/mol. The van der Waals surface area contributed by atoms with Gasteiger partial charge in [-0.25, -0.2) is 9.67 Å². The molecule has 1 fully saturated rings. The molecule has 0 N–H and O–H groups in total. The highest BCUT2D eigenvalue weighted by Crippen LogP contribution is 2.36. The predicted octanol–water partition coefficient (Wildman–Crippen LogP) is 3.31. The van der Waals surface area contributed by atoms with E-state index < -0.39 is 0 Å². The lowest BCUT2D eigenvalue weighted by molar-refractivity contribution is 0.0252. The SMILES string of the molecule is CO[C@H]1CCCC[C@H]1n1ncc2c1N=C(Cc1ccccn1)CC2=O. The summed E-state index contributed by atoms with van der Waals surface area (Å²) >= 11 is 0. The third kappa shape index (κ3) is 3.14. The third-order valence-corrected chi connectivity index (χ3v) is 5.09. The van der Waals surface area contributed by atoms with Crippen molar-refractivity contribution in [1.82, 2.24) is 14.8 Å². The number of hydrogen-bond acceptors (Lipinski definition) is 5. The molecule has 3 heterocycles. The molecule has 2 aromatic rings. The van der Waals surface area contributed by atoms with E-state index in [2.05, 4.69) is 10.1 Å². The van der Waals surface area contributed by atoms with Gasteiger partial charge in [0.15, 0.2) is 11.6 Å². The molecule has 0 saturated heterocycles. The molecule has 0 radical (unpaired) electrons. The van der Waals surface area contributed by atoms with Gasteiger partial charge in [0.05, 0.1) is 30.3 Å². The van der Waals surface area contributed by atoms with Gasteiger partial charge in [0, 0.05) is 31.1 Å². The third-order valence-electron chi connectivity index (χ3n) is 5.09. The first-order valence-electron chi connectivity index (χ1n) is 8.86. The van der Waals surface area contributed by atoms with Gasteiger partial charge in [-0.3, -0.25) is 9.78 Å². The van der Waals surface area contributed by atoms with Gasteiger partial charge < -0.3 is 4.74 Å². The maximum absolute atomic E-state index is 12.5. The van der Waals surface area contributed by atoms with Crippen LogP contribution >= 0.6 is 0 Å². The summed E-state index contributed by atoms with van der Waals surface area (Å²) in [6.45, 7) is 0. The first kappa shape index (κ1) is 16.1. The van der Waals surface area contributed by atoms with Crippen LogP contribution in [0.2, 0.25) is 0 Å². The van der Waals surface area contributed by atoms with E-state index in [0.29, 0.717) is 24.2 Å². The second-order valence-electron chi connectivity index (χ2n) is 6.73. The van der Waals surface area contributed by atoms with Crippen molar-refractivity contribution < 1.29 is 9.53 Å². The number of rotatable bonds is 4. The smallest absolute Gasteiger partial charge is 0.173 e. The average molecular weight is 338 g/mol. The summed E-state index contributed by atoms with van der Waals surface area (Å²) in [4.78, 5) is 21.7. The fraction of sp³-hybridized carbons (Fsp3) is 0.474. The molecular weight excluding hydrogens is 316 g/mol. The minimum Gasteiger partial charge on any atom is -0.379 e. The Bertz CT molecular complexity index is 797. The van der Waals surface area contributed by atoms with E-state index in [4.69, 9.17) is 9.73 Å².